The molecule has 2 aromatic rings. The molecule has 1 heterocycles. The molecule has 2 rings (SSSR count). The summed E-state index contributed by atoms with van der Waals surface area (Å²) in [7, 11) is 0. The minimum atomic E-state index is 0.247. The van der Waals surface area contributed by atoms with Crippen LogP contribution in [0.2, 0.25) is 5.02 Å². The van der Waals surface area contributed by atoms with Gasteiger partial charge in [0.05, 0.1) is 6.61 Å². The molecule has 0 aliphatic rings. The molecule has 0 aliphatic carbocycles. The molecule has 106 valence electrons. The highest BCUT2D eigenvalue weighted by atomic mass is 35.5. The van der Waals surface area contributed by atoms with Gasteiger partial charge in [-0.05, 0) is 18.6 Å². The van der Waals surface area contributed by atoms with Crippen molar-refractivity contribution >= 4 is 29.3 Å². The molecule has 1 aromatic carbocycles. The van der Waals surface area contributed by atoms with Gasteiger partial charge < -0.3 is 4.74 Å². The first-order chi connectivity index (χ1) is 9.72. The number of nitrogens with one attached hydrogen (secondary N) is 1. The summed E-state index contributed by atoms with van der Waals surface area (Å²) in [6, 6.07) is 7.89. The Hall–Kier alpha value is -1.57. The van der Waals surface area contributed by atoms with E-state index in [9.17, 15) is 0 Å². The highest BCUT2D eigenvalue weighted by molar-refractivity contribution is 7.98. The fourth-order valence-corrected chi connectivity index (χ4v) is 2.53. The molecule has 3 N–H and O–H groups in total. The van der Waals surface area contributed by atoms with E-state index < -0.39 is 0 Å². The van der Waals surface area contributed by atoms with Gasteiger partial charge in [-0.25, -0.2) is 5.84 Å². The van der Waals surface area contributed by atoms with Crippen molar-refractivity contribution in [3.05, 3.63) is 34.9 Å². The van der Waals surface area contributed by atoms with Crippen molar-refractivity contribution in [3.8, 4) is 6.01 Å². The molecule has 20 heavy (non-hydrogen) atoms. The van der Waals surface area contributed by atoms with E-state index in [0.717, 1.165) is 10.6 Å². The van der Waals surface area contributed by atoms with Crippen LogP contribution in [0.15, 0.2) is 29.4 Å². The van der Waals surface area contributed by atoms with Gasteiger partial charge in [-0.3, -0.25) is 5.43 Å². The van der Waals surface area contributed by atoms with Gasteiger partial charge in [0.2, 0.25) is 5.95 Å². The highest BCUT2D eigenvalue weighted by Gasteiger charge is 2.08. The van der Waals surface area contributed by atoms with E-state index in [4.69, 9.17) is 22.2 Å². The van der Waals surface area contributed by atoms with Gasteiger partial charge in [0.15, 0.2) is 5.16 Å². The summed E-state index contributed by atoms with van der Waals surface area (Å²) >= 11 is 7.54. The molecular formula is C12H14ClN5OS. The zero-order valence-corrected chi connectivity index (χ0v) is 12.4. The molecule has 0 spiro atoms. The maximum absolute atomic E-state index is 6.11. The smallest absolute Gasteiger partial charge is 0.322 e. The second kappa shape index (κ2) is 7.28. The van der Waals surface area contributed by atoms with Crippen LogP contribution in [0.1, 0.15) is 12.5 Å². The number of aromatic nitrogens is 3. The van der Waals surface area contributed by atoms with Crippen molar-refractivity contribution in [2.24, 2.45) is 5.84 Å². The summed E-state index contributed by atoms with van der Waals surface area (Å²) in [6.07, 6.45) is 0. The monoisotopic (exact) mass is 311 g/mol. The van der Waals surface area contributed by atoms with Crippen molar-refractivity contribution in [2.45, 2.75) is 17.8 Å². The van der Waals surface area contributed by atoms with Gasteiger partial charge in [0.25, 0.3) is 0 Å². The lowest BCUT2D eigenvalue weighted by Gasteiger charge is -2.07. The third kappa shape index (κ3) is 3.96. The molecular weight excluding hydrogens is 298 g/mol. The lowest BCUT2D eigenvalue weighted by molar-refractivity contribution is 0.308. The van der Waals surface area contributed by atoms with Crippen LogP contribution < -0.4 is 16.0 Å². The van der Waals surface area contributed by atoms with Crippen LogP contribution in [0.5, 0.6) is 6.01 Å². The summed E-state index contributed by atoms with van der Waals surface area (Å²) in [6.45, 7) is 2.33. The molecule has 6 nitrogen and oxygen atoms in total. The first-order valence-electron chi connectivity index (χ1n) is 5.94. The summed E-state index contributed by atoms with van der Waals surface area (Å²) in [5.41, 5.74) is 3.41. The number of nitrogen functional groups attached to an aromatic ring is 1. The first kappa shape index (κ1) is 14.8. The van der Waals surface area contributed by atoms with E-state index in [-0.39, 0.29) is 12.0 Å². The molecule has 0 fully saturated rings. The van der Waals surface area contributed by atoms with Crippen molar-refractivity contribution in [2.75, 3.05) is 12.0 Å². The average molecular weight is 312 g/mol. The van der Waals surface area contributed by atoms with Gasteiger partial charge in [-0.2, -0.15) is 15.0 Å². The summed E-state index contributed by atoms with van der Waals surface area (Å²) < 4.78 is 5.27. The second-order valence-corrected chi connectivity index (χ2v) is 5.03. The number of hydrazine groups is 1. The van der Waals surface area contributed by atoms with Crippen molar-refractivity contribution in [3.63, 3.8) is 0 Å². The number of benzene rings is 1. The van der Waals surface area contributed by atoms with E-state index in [0.29, 0.717) is 17.5 Å². The van der Waals surface area contributed by atoms with Crippen LogP contribution in [0.3, 0.4) is 0 Å². The topological polar surface area (TPSA) is 86.0 Å². The molecule has 8 heteroatoms. The SMILES string of the molecule is CCOc1nc(NN)nc(SCc2ccccc2Cl)n1. The van der Waals surface area contributed by atoms with Gasteiger partial charge >= 0.3 is 6.01 Å². The van der Waals surface area contributed by atoms with E-state index in [2.05, 4.69) is 20.4 Å². The van der Waals surface area contributed by atoms with Gasteiger partial charge in [0, 0.05) is 10.8 Å². The normalized spacial score (nSPS) is 10.3. The standard InChI is InChI=1S/C12H14ClN5OS/c1-2-19-11-15-10(18-14)16-12(17-11)20-7-8-5-3-4-6-9(8)13/h3-6H,2,7,14H2,1H3,(H,15,16,17,18). The van der Waals surface area contributed by atoms with E-state index >= 15 is 0 Å². The largest absolute Gasteiger partial charge is 0.464 e. The molecule has 0 aliphatic heterocycles. The summed E-state index contributed by atoms with van der Waals surface area (Å²) in [5, 5.41) is 1.24. The third-order valence-electron chi connectivity index (χ3n) is 2.31. The number of nitrogens with two attached hydrogens (primary N) is 1. The number of nitrogens with zero attached hydrogens (tertiary/aromatic N) is 3. The first-order valence-corrected chi connectivity index (χ1v) is 7.31. The Labute approximate surface area is 126 Å². The zero-order chi connectivity index (χ0) is 14.4. The Morgan fingerprint density at radius 1 is 1.30 bits per heavy atom. The van der Waals surface area contributed by atoms with Crippen molar-refractivity contribution in [1.29, 1.82) is 0 Å². The van der Waals surface area contributed by atoms with Crippen LogP contribution in [0, 0.1) is 0 Å². The van der Waals surface area contributed by atoms with Crippen LogP contribution in [0.4, 0.5) is 5.95 Å². The molecule has 0 bridgehead atoms. The number of halogens is 1. The number of rotatable bonds is 6. The molecule has 0 saturated carbocycles. The van der Waals surface area contributed by atoms with E-state index in [1.54, 1.807) is 0 Å². The van der Waals surface area contributed by atoms with Crippen molar-refractivity contribution in [1.82, 2.24) is 15.0 Å². The fourth-order valence-electron chi connectivity index (χ4n) is 1.42. The molecule has 0 saturated heterocycles. The quantitative estimate of drug-likeness (QED) is 0.481. The third-order valence-corrected chi connectivity index (χ3v) is 3.58. The maximum Gasteiger partial charge on any atom is 0.322 e. The predicted molar refractivity (Wildman–Crippen MR) is 79.8 cm³/mol. The average Bonchev–Trinajstić information content (AvgIpc) is 2.46. The number of anilines is 1. The maximum atomic E-state index is 6.11. The van der Waals surface area contributed by atoms with Gasteiger partial charge in [-0.15, -0.1) is 0 Å². The molecule has 0 atom stereocenters. The summed E-state index contributed by atoms with van der Waals surface area (Å²) in [4.78, 5) is 12.4. The molecule has 0 radical (unpaired) electrons. The highest BCUT2D eigenvalue weighted by Crippen LogP contribution is 2.25. The van der Waals surface area contributed by atoms with Crippen LogP contribution in [-0.4, -0.2) is 21.6 Å². The Kier molecular flexibility index (Phi) is 5.40. The molecule has 0 unspecified atom stereocenters. The molecule has 1 aromatic heterocycles. The fraction of sp³-hybridized carbons (Fsp3) is 0.250. The van der Waals surface area contributed by atoms with Crippen LogP contribution in [-0.2, 0) is 5.75 Å². The lowest BCUT2D eigenvalue weighted by atomic mass is 10.2. The van der Waals surface area contributed by atoms with Crippen molar-refractivity contribution < 1.29 is 4.74 Å². The van der Waals surface area contributed by atoms with E-state index in [1.807, 2.05) is 31.2 Å². The number of ether oxygens (including phenoxy) is 1. The van der Waals surface area contributed by atoms with E-state index in [1.165, 1.54) is 11.8 Å². The Morgan fingerprint density at radius 2 is 2.10 bits per heavy atom. The van der Waals surface area contributed by atoms with Crippen LogP contribution in [0.25, 0.3) is 0 Å². The van der Waals surface area contributed by atoms with Crippen LogP contribution >= 0.6 is 23.4 Å². The number of hydrogen-bond acceptors (Lipinski definition) is 7. The lowest BCUT2D eigenvalue weighted by Crippen LogP contribution is -2.12. The van der Waals surface area contributed by atoms with Gasteiger partial charge in [0.1, 0.15) is 0 Å². The Balaban J connectivity index is 2.12. The zero-order valence-electron chi connectivity index (χ0n) is 10.8. The second-order valence-electron chi connectivity index (χ2n) is 3.68. The number of hydrogen-bond donors (Lipinski definition) is 2. The minimum Gasteiger partial charge on any atom is -0.464 e. The Morgan fingerprint density at radius 3 is 2.80 bits per heavy atom. The molecule has 0 amide bonds. The minimum absolute atomic E-state index is 0.247. The predicted octanol–water partition coefficient (Wildman–Crippen LogP) is 2.50. The summed E-state index contributed by atoms with van der Waals surface area (Å²) in [5.74, 6) is 6.25. The Bertz CT molecular complexity index is 584. The number of thioether (sulfide) groups is 1. The van der Waals surface area contributed by atoms with Gasteiger partial charge in [-0.1, -0.05) is 41.6 Å².